The molecule has 0 spiro atoms. The number of hydrogen-bond donors (Lipinski definition) is 0. The van der Waals surface area contributed by atoms with Gasteiger partial charge in [-0.1, -0.05) is 23.8 Å². The number of rotatable bonds is 4. The summed E-state index contributed by atoms with van der Waals surface area (Å²) in [7, 11) is -3.40. The highest BCUT2D eigenvalue weighted by Crippen LogP contribution is 2.19. The van der Waals surface area contributed by atoms with E-state index in [-0.39, 0.29) is 0 Å². The first-order valence-electron chi connectivity index (χ1n) is 8.24. The maximum Gasteiger partial charge on any atom is 0.243 e. The van der Waals surface area contributed by atoms with Crippen LogP contribution in [0.15, 0.2) is 53.7 Å². The molecule has 1 aromatic heterocycles. The van der Waals surface area contributed by atoms with E-state index >= 15 is 0 Å². The topological polar surface area (TPSA) is 53.5 Å². The Kier molecular flexibility index (Phi) is 5.28. The van der Waals surface area contributed by atoms with E-state index in [2.05, 4.69) is 16.0 Å². The van der Waals surface area contributed by atoms with Crippen molar-refractivity contribution >= 4 is 10.0 Å². The van der Waals surface area contributed by atoms with Crippen LogP contribution in [-0.2, 0) is 16.6 Å². The van der Waals surface area contributed by atoms with Crippen molar-refractivity contribution in [2.75, 3.05) is 26.2 Å². The average molecular weight is 345 g/mol. The molecular formula is C18H23N3O2S. The Labute approximate surface area is 144 Å². The first-order chi connectivity index (χ1) is 11.6. The molecule has 24 heavy (non-hydrogen) atoms. The van der Waals surface area contributed by atoms with Crippen molar-refractivity contribution in [2.24, 2.45) is 0 Å². The van der Waals surface area contributed by atoms with E-state index in [1.807, 2.05) is 31.3 Å². The van der Waals surface area contributed by atoms with Crippen molar-refractivity contribution < 1.29 is 8.42 Å². The Morgan fingerprint density at radius 2 is 1.83 bits per heavy atom. The van der Waals surface area contributed by atoms with Gasteiger partial charge in [0.15, 0.2) is 0 Å². The fourth-order valence-corrected chi connectivity index (χ4v) is 4.42. The van der Waals surface area contributed by atoms with Crippen LogP contribution in [0.5, 0.6) is 0 Å². The zero-order chi connectivity index (χ0) is 17.0. The molecule has 1 aromatic carbocycles. The molecule has 2 heterocycles. The van der Waals surface area contributed by atoms with Crippen molar-refractivity contribution in [1.82, 2.24) is 14.2 Å². The molecule has 6 heteroatoms. The smallest absolute Gasteiger partial charge is 0.243 e. The van der Waals surface area contributed by atoms with Gasteiger partial charge in [0.1, 0.15) is 0 Å². The van der Waals surface area contributed by atoms with Crippen LogP contribution in [0.3, 0.4) is 0 Å². The lowest BCUT2D eigenvalue weighted by molar-refractivity contribution is 0.278. The predicted molar refractivity (Wildman–Crippen MR) is 94.1 cm³/mol. The number of pyridine rings is 1. The highest BCUT2D eigenvalue weighted by Gasteiger charge is 2.26. The first-order valence-corrected chi connectivity index (χ1v) is 9.68. The lowest BCUT2D eigenvalue weighted by Gasteiger charge is -2.21. The van der Waals surface area contributed by atoms with Gasteiger partial charge in [-0.2, -0.15) is 4.31 Å². The molecule has 0 atom stereocenters. The zero-order valence-corrected chi connectivity index (χ0v) is 14.7. The minimum atomic E-state index is -3.40. The van der Waals surface area contributed by atoms with Gasteiger partial charge in [-0.05, 0) is 43.7 Å². The van der Waals surface area contributed by atoms with E-state index in [9.17, 15) is 8.42 Å². The van der Waals surface area contributed by atoms with Crippen molar-refractivity contribution in [3.63, 3.8) is 0 Å². The summed E-state index contributed by atoms with van der Waals surface area (Å²) in [5, 5.41) is 0. The summed E-state index contributed by atoms with van der Waals surface area (Å²) in [5.41, 5.74) is 2.22. The number of benzene rings is 1. The van der Waals surface area contributed by atoms with Gasteiger partial charge < -0.3 is 0 Å². The van der Waals surface area contributed by atoms with E-state index in [0.29, 0.717) is 18.0 Å². The predicted octanol–water partition coefficient (Wildman–Crippen LogP) is 2.29. The van der Waals surface area contributed by atoms with E-state index < -0.39 is 10.0 Å². The molecule has 0 aliphatic carbocycles. The van der Waals surface area contributed by atoms with Crippen LogP contribution >= 0.6 is 0 Å². The van der Waals surface area contributed by atoms with E-state index in [4.69, 9.17) is 0 Å². The molecular weight excluding hydrogens is 322 g/mol. The maximum absolute atomic E-state index is 12.8. The van der Waals surface area contributed by atoms with Gasteiger partial charge in [-0.3, -0.25) is 9.88 Å². The Morgan fingerprint density at radius 1 is 1.04 bits per heavy atom. The molecule has 1 aliphatic rings. The van der Waals surface area contributed by atoms with E-state index in [0.717, 1.165) is 37.2 Å². The second kappa shape index (κ2) is 7.42. The summed E-state index contributed by atoms with van der Waals surface area (Å²) in [6.45, 7) is 5.50. The Bertz CT molecular complexity index is 761. The molecule has 0 radical (unpaired) electrons. The number of nitrogens with zero attached hydrogens (tertiary/aromatic N) is 3. The molecule has 2 aromatic rings. The number of sulfonamides is 1. The number of aryl methyl sites for hydroxylation is 1. The fraction of sp³-hybridized carbons (Fsp3) is 0.389. The van der Waals surface area contributed by atoms with Crippen molar-refractivity contribution in [3.8, 4) is 0 Å². The quantitative estimate of drug-likeness (QED) is 0.853. The summed E-state index contributed by atoms with van der Waals surface area (Å²) < 4.78 is 27.2. The third kappa shape index (κ3) is 4.01. The molecule has 128 valence electrons. The lowest BCUT2D eigenvalue weighted by Crippen LogP contribution is -2.35. The van der Waals surface area contributed by atoms with Gasteiger partial charge in [0.25, 0.3) is 0 Å². The fourth-order valence-electron chi connectivity index (χ4n) is 2.95. The summed E-state index contributed by atoms with van der Waals surface area (Å²) >= 11 is 0. The standard InChI is InChI=1S/C18H23N3O2S/c1-16-5-7-18(8-6-16)24(22,23)21-11-3-10-20(12-13-21)15-17-4-2-9-19-14-17/h2,4-9,14H,3,10-13,15H2,1H3. The van der Waals surface area contributed by atoms with Crippen molar-refractivity contribution in [2.45, 2.75) is 24.8 Å². The van der Waals surface area contributed by atoms with Crippen LogP contribution < -0.4 is 0 Å². The van der Waals surface area contributed by atoms with Gasteiger partial charge in [0.05, 0.1) is 4.90 Å². The van der Waals surface area contributed by atoms with Gasteiger partial charge >= 0.3 is 0 Å². The van der Waals surface area contributed by atoms with E-state index in [1.54, 1.807) is 22.6 Å². The molecule has 0 amide bonds. The summed E-state index contributed by atoms with van der Waals surface area (Å²) in [6, 6.07) is 11.1. The molecule has 1 fully saturated rings. The summed E-state index contributed by atoms with van der Waals surface area (Å²) in [6.07, 6.45) is 4.47. The van der Waals surface area contributed by atoms with Crippen molar-refractivity contribution in [3.05, 3.63) is 59.9 Å². The van der Waals surface area contributed by atoms with Crippen LogP contribution in [0.1, 0.15) is 17.5 Å². The molecule has 1 saturated heterocycles. The summed E-state index contributed by atoms with van der Waals surface area (Å²) in [4.78, 5) is 6.82. The van der Waals surface area contributed by atoms with Crippen LogP contribution in [0.4, 0.5) is 0 Å². The van der Waals surface area contributed by atoms with Crippen LogP contribution in [0.25, 0.3) is 0 Å². The van der Waals surface area contributed by atoms with Gasteiger partial charge in [0, 0.05) is 38.6 Å². The normalized spacial score (nSPS) is 17.5. The number of hydrogen-bond acceptors (Lipinski definition) is 4. The molecule has 5 nitrogen and oxygen atoms in total. The minimum Gasteiger partial charge on any atom is -0.298 e. The third-order valence-corrected chi connectivity index (χ3v) is 6.25. The second-order valence-electron chi connectivity index (χ2n) is 6.21. The highest BCUT2D eigenvalue weighted by molar-refractivity contribution is 7.89. The van der Waals surface area contributed by atoms with Gasteiger partial charge in [-0.15, -0.1) is 0 Å². The largest absolute Gasteiger partial charge is 0.298 e. The molecule has 0 bridgehead atoms. The van der Waals surface area contributed by atoms with E-state index in [1.165, 1.54) is 0 Å². The number of aromatic nitrogens is 1. The second-order valence-corrected chi connectivity index (χ2v) is 8.15. The molecule has 0 unspecified atom stereocenters. The third-order valence-electron chi connectivity index (χ3n) is 4.34. The zero-order valence-electron chi connectivity index (χ0n) is 13.9. The summed E-state index contributed by atoms with van der Waals surface area (Å²) in [5.74, 6) is 0. The van der Waals surface area contributed by atoms with Crippen LogP contribution in [0.2, 0.25) is 0 Å². The van der Waals surface area contributed by atoms with Gasteiger partial charge in [-0.25, -0.2) is 8.42 Å². The molecule has 3 rings (SSSR count). The maximum atomic E-state index is 12.8. The van der Waals surface area contributed by atoms with Crippen LogP contribution in [-0.4, -0.2) is 48.8 Å². The Hall–Kier alpha value is -1.76. The van der Waals surface area contributed by atoms with Crippen LogP contribution in [0, 0.1) is 6.92 Å². The molecule has 1 aliphatic heterocycles. The van der Waals surface area contributed by atoms with Gasteiger partial charge in [0.2, 0.25) is 10.0 Å². The monoisotopic (exact) mass is 345 g/mol. The molecule has 0 saturated carbocycles. The first kappa shape index (κ1) is 17.1. The Balaban J connectivity index is 1.67. The lowest BCUT2D eigenvalue weighted by atomic mass is 10.2. The molecule has 0 N–H and O–H groups in total. The SMILES string of the molecule is Cc1ccc(S(=O)(=O)N2CCCN(Cc3cccnc3)CC2)cc1. The Morgan fingerprint density at radius 3 is 2.54 bits per heavy atom. The highest BCUT2D eigenvalue weighted by atomic mass is 32.2. The average Bonchev–Trinajstić information content (AvgIpc) is 2.82. The minimum absolute atomic E-state index is 0.383. The van der Waals surface area contributed by atoms with Crippen molar-refractivity contribution in [1.29, 1.82) is 0 Å².